The average Bonchev–Trinajstić information content (AvgIpc) is 3.49. The Morgan fingerprint density at radius 3 is 3.00 bits per heavy atom. The third kappa shape index (κ3) is 4.74. The predicted octanol–water partition coefficient (Wildman–Crippen LogP) is 4.15. The molecule has 0 saturated heterocycles. The lowest BCUT2D eigenvalue weighted by Gasteiger charge is -2.10. The molecule has 1 N–H and O–H groups in total. The van der Waals surface area contributed by atoms with Crippen LogP contribution in [0.1, 0.15) is 25.7 Å². The first kappa shape index (κ1) is 20.2. The minimum absolute atomic E-state index is 0.147. The molecule has 8 nitrogen and oxygen atoms in total. The van der Waals surface area contributed by atoms with Gasteiger partial charge in [0, 0.05) is 43.5 Å². The number of rotatable bonds is 10. The molecule has 9 heteroatoms. The topological polar surface area (TPSA) is 95.1 Å². The third-order valence-corrected chi connectivity index (χ3v) is 5.28. The fourth-order valence-corrected chi connectivity index (χ4v) is 3.77. The van der Waals surface area contributed by atoms with Crippen molar-refractivity contribution in [2.75, 3.05) is 18.5 Å². The van der Waals surface area contributed by atoms with Gasteiger partial charge in [0.15, 0.2) is 0 Å². The molecular formula is C21H23N5O3S. The summed E-state index contributed by atoms with van der Waals surface area (Å²) < 4.78 is 12.7. The summed E-state index contributed by atoms with van der Waals surface area (Å²) in [6, 6.07) is 9.78. The number of para-hydroxylation sites is 2. The van der Waals surface area contributed by atoms with Crippen molar-refractivity contribution in [2.45, 2.75) is 32.7 Å². The van der Waals surface area contributed by atoms with Crippen LogP contribution in [0, 0.1) is 0 Å². The van der Waals surface area contributed by atoms with Crippen LogP contribution in [0.3, 0.4) is 0 Å². The molecule has 0 aliphatic heterocycles. The number of nitrogens with one attached hydrogen (secondary N) is 1. The Morgan fingerprint density at radius 1 is 1.27 bits per heavy atom. The third-order valence-electron chi connectivity index (χ3n) is 4.59. The normalized spacial score (nSPS) is 11.2. The molecule has 0 saturated carbocycles. The van der Waals surface area contributed by atoms with Gasteiger partial charge in [0.2, 0.25) is 23.6 Å². The second kappa shape index (κ2) is 9.64. The molecule has 156 valence electrons. The van der Waals surface area contributed by atoms with E-state index in [1.54, 1.807) is 11.3 Å². The largest absolute Gasteiger partial charge is 0.382 e. The maximum atomic E-state index is 12.5. The van der Waals surface area contributed by atoms with Crippen molar-refractivity contribution in [3.63, 3.8) is 0 Å². The van der Waals surface area contributed by atoms with Gasteiger partial charge < -0.3 is 13.8 Å². The van der Waals surface area contributed by atoms with Gasteiger partial charge in [-0.25, -0.2) is 4.98 Å². The van der Waals surface area contributed by atoms with Gasteiger partial charge >= 0.3 is 0 Å². The van der Waals surface area contributed by atoms with E-state index in [1.807, 2.05) is 52.6 Å². The number of aryl methyl sites for hydroxylation is 2. The zero-order chi connectivity index (χ0) is 20.8. The fourth-order valence-electron chi connectivity index (χ4n) is 3.14. The first-order valence-corrected chi connectivity index (χ1v) is 10.9. The van der Waals surface area contributed by atoms with E-state index in [-0.39, 0.29) is 12.3 Å². The summed E-state index contributed by atoms with van der Waals surface area (Å²) in [5.74, 6) is 1.38. The molecule has 1 aromatic carbocycles. The van der Waals surface area contributed by atoms with Crippen LogP contribution in [0.4, 0.5) is 5.95 Å². The Hall–Kier alpha value is -3.04. The highest BCUT2D eigenvalue weighted by atomic mass is 32.1. The maximum absolute atomic E-state index is 12.5. The fraction of sp³-hybridized carbons (Fsp3) is 0.333. The second-order valence-corrected chi connectivity index (χ2v) is 7.48. The van der Waals surface area contributed by atoms with Crippen LogP contribution in [0.5, 0.6) is 0 Å². The number of imidazole rings is 1. The van der Waals surface area contributed by atoms with Crippen molar-refractivity contribution in [3.8, 4) is 11.4 Å². The molecule has 4 aromatic rings. The van der Waals surface area contributed by atoms with Gasteiger partial charge in [-0.05, 0) is 36.9 Å². The van der Waals surface area contributed by atoms with E-state index in [9.17, 15) is 4.79 Å². The van der Waals surface area contributed by atoms with Crippen LogP contribution in [0.25, 0.3) is 22.4 Å². The molecule has 3 aromatic heterocycles. The van der Waals surface area contributed by atoms with Gasteiger partial charge in [0.25, 0.3) is 0 Å². The lowest BCUT2D eigenvalue weighted by molar-refractivity contribution is -0.116. The Balaban J connectivity index is 1.40. The maximum Gasteiger partial charge on any atom is 0.227 e. The highest BCUT2D eigenvalue weighted by molar-refractivity contribution is 7.08. The van der Waals surface area contributed by atoms with E-state index < -0.39 is 0 Å². The number of fused-ring (bicyclic) bond motifs is 1. The molecule has 4 rings (SSSR count). The molecule has 0 unspecified atom stereocenters. The molecule has 30 heavy (non-hydrogen) atoms. The molecule has 0 spiro atoms. The van der Waals surface area contributed by atoms with Gasteiger partial charge in [-0.2, -0.15) is 16.3 Å². The van der Waals surface area contributed by atoms with Crippen molar-refractivity contribution in [3.05, 3.63) is 47.0 Å². The number of benzene rings is 1. The molecule has 0 aliphatic rings. The zero-order valence-corrected chi connectivity index (χ0v) is 17.5. The summed E-state index contributed by atoms with van der Waals surface area (Å²) in [5, 5.41) is 10.8. The highest BCUT2D eigenvalue weighted by Crippen LogP contribution is 2.21. The van der Waals surface area contributed by atoms with Crippen molar-refractivity contribution in [1.82, 2.24) is 19.7 Å². The van der Waals surface area contributed by atoms with E-state index in [0.717, 1.165) is 23.0 Å². The first-order valence-electron chi connectivity index (χ1n) is 9.92. The summed E-state index contributed by atoms with van der Waals surface area (Å²) in [6.07, 6.45) is 1.44. The highest BCUT2D eigenvalue weighted by Gasteiger charge is 2.15. The molecule has 0 radical (unpaired) electrons. The number of anilines is 1. The molecule has 0 atom stereocenters. The number of aromatic nitrogens is 4. The summed E-state index contributed by atoms with van der Waals surface area (Å²) in [7, 11) is 0. The Morgan fingerprint density at radius 2 is 2.17 bits per heavy atom. The van der Waals surface area contributed by atoms with Gasteiger partial charge in [-0.3, -0.25) is 10.1 Å². The predicted molar refractivity (Wildman–Crippen MR) is 115 cm³/mol. The summed E-state index contributed by atoms with van der Waals surface area (Å²) in [5.41, 5.74) is 2.75. The van der Waals surface area contributed by atoms with E-state index in [2.05, 4.69) is 20.4 Å². The standard InChI is InChI=1S/C21H23N5O3S/c1-2-28-12-5-11-26-17-7-4-3-6-16(17)22-21(26)23-18(27)8-9-19-24-20(25-29-19)15-10-13-30-14-15/h3-4,6-7,10,13-14H,2,5,8-9,11-12H2,1H3,(H,22,23,27). The quantitative estimate of drug-likeness (QED) is 0.384. The van der Waals surface area contributed by atoms with Crippen molar-refractivity contribution in [2.24, 2.45) is 0 Å². The van der Waals surface area contributed by atoms with Crippen molar-refractivity contribution < 1.29 is 14.1 Å². The first-order chi connectivity index (χ1) is 14.7. The minimum atomic E-state index is -0.147. The van der Waals surface area contributed by atoms with E-state index in [4.69, 9.17) is 9.26 Å². The molecular weight excluding hydrogens is 402 g/mol. The van der Waals surface area contributed by atoms with Gasteiger partial charge in [-0.1, -0.05) is 17.3 Å². The van der Waals surface area contributed by atoms with Crippen LogP contribution < -0.4 is 5.32 Å². The minimum Gasteiger partial charge on any atom is -0.382 e. The Kier molecular flexibility index (Phi) is 6.50. The van der Waals surface area contributed by atoms with Crippen LogP contribution in [0.2, 0.25) is 0 Å². The molecule has 0 bridgehead atoms. The van der Waals surface area contributed by atoms with Crippen molar-refractivity contribution in [1.29, 1.82) is 0 Å². The number of hydrogen-bond acceptors (Lipinski definition) is 7. The van der Waals surface area contributed by atoms with E-state index in [0.29, 0.717) is 43.8 Å². The van der Waals surface area contributed by atoms with Gasteiger partial charge in [-0.15, -0.1) is 0 Å². The summed E-state index contributed by atoms with van der Waals surface area (Å²) >= 11 is 1.57. The zero-order valence-electron chi connectivity index (χ0n) is 16.7. The number of nitrogens with zero attached hydrogens (tertiary/aromatic N) is 4. The average molecular weight is 426 g/mol. The Bertz CT molecular complexity index is 1100. The van der Waals surface area contributed by atoms with Gasteiger partial charge in [0.1, 0.15) is 0 Å². The molecule has 1 amide bonds. The molecule has 3 heterocycles. The number of ether oxygens (including phenoxy) is 1. The number of carbonyl (C=O) groups is 1. The van der Waals surface area contributed by atoms with Crippen LogP contribution in [0.15, 0.2) is 45.6 Å². The van der Waals surface area contributed by atoms with E-state index >= 15 is 0 Å². The van der Waals surface area contributed by atoms with Crippen LogP contribution in [-0.4, -0.2) is 38.8 Å². The smallest absolute Gasteiger partial charge is 0.227 e. The van der Waals surface area contributed by atoms with Crippen LogP contribution >= 0.6 is 11.3 Å². The monoisotopic (exact) mass is 425 g/mol. The van der Waals surface area contributed by atoms with E-state index in [1.165, 1.54) is 0 Å². The summed E-state index contributed by atoms with van der Waals surface area (Å²) in [6.45, 7) is 4.05. The number of thiophene rings is 1. The second-order valence-electron chi connectivity index (χ2n) is 6.70. The van der Waals surface area contributed by atoms with Crippen LogP contribution in [-0.2, 0) is 22.5 Å². The molecule has 0 fully saturated rings. The SMILES string of the molecule is CCOCCCn1c(NC(=O)CCc2nc(-c3ccsc3)no2)nc2ccccc21. The number of carbonyl (C=O) groups excluding carboxylic acids is 1. The van der Waals surface area contributed by atoms with Gasteiger partial charge in [0.05, 0.1) is 11.0 Å². The Labute approximate surface area is 177 Å². The number of amides is 1. The lowest BCUT2D eigenvalue weighted by atomic mass is 10.3. The molecule has 0 aliphatic carbocycles. The summed E-state index contributed by atoms with van der Waals surface area (Å²) in [4.78, 5) is 21.5. The number of hydrogen-bond donors (Lipinski definition) is 1. The lowest BCUT2D eigenvalue weighted by Crippen LogP contribution is -2.17. The van der Waals surface area contributed by atoms with Crippen molar-refractivity contribution >= 4 is 34.2 Å².